The highest BCUT2D eigenvalue weighted by molar-refractivity contribution is 7.90. The highest BCUT2D eigenvalue weighted by Gasteiger charge is 2.45. The lowest BCUT2D eigenvalue weighted by Crippen LogP contribution is -2.58. The number of nitrogens with one attached hydrogen (secondary N) is 2. The van der Waals surface area contributed by atoms with Crippen LogP contribution in [0.15, 0.2) is 66.7 Å². The molecule has 1 amide bonds. The Morgan fingerprint density at radius 1 is 1.00 bits per heavy atom. The van der Waals surface area contributed by atoms with Crippen LogP contribution in [0.4, 0.5) is 18.9 Å². The molecular weight excluding hydrogens is 577 g/mol. The van der Waals surface area contributed by atoms with E-state index >= 15 is 4.39 Å². The van der Waals surface area contributed by atoms with Gasteiger partial charge < -0.3 is 16.4 Å². The Morgan fingerprint density at radius 2 is 1.63 bits per heavy atom. The fourth-order valence-electron chi connectivity index (χ4n) is 6.04. The fourth-order valence-corrected chi connectivity index (χ4v) is 8.29. The van der Waals surface area contributed by atoms with E-state index in [-0.39, 0.29) is 35.0 Å². The predicted octanol–water partition coefficient (Wildman–Crippen LogP) is 4.68. The first-order chi connectivity index (χ1) is 20.6. The molecule has 1 aliphatic heterocycles. The van der Waals surface area contributed by atoms with Crippen molar-refractivity contribution in [3.05, 3.63) is 101 Å². The quantitative estimate of drug-likeness (QED) is 0.291. The maximum Gasteiger partial charge on any atom is 0.242 e. The molecule has 43 heavy (non-hydrogen) atoms. The number of halogens is 3. The maximum absolute atomic E-state index is 15.1. The number of nitrogens with zero attached hydrogens (tertiary/aromatic N) is 1. The van der Waals surface area contributed by atoms with Crippen LogP contribution in [0.2, 0.25) is 0 Å². The van der Waals surface area contributed by atoms with Crippen molar-refractivity contribution in [1.82, 2.24) is 9.62 Å². The molecule has 11 heteroatoms. The summed E-state index contributed by atoms with van der Waals surface area (Å²) in [5.41, 5.74) is 7.76. The molecule has 230 valence electrons. The molecule has 2 aliphatic rings. The van der Waals surface area contributed by atoms with E-state index in [1.54, 1.807) is 22.5 Å². The van der Waals surface area contributed by atoms with E-state index < -0.39 is 45.3 Å². The van der Waals surface area contributed by atoms with Crippen LogP contribution in [0.25, 0.3) is 0 Å². The number of anilines is 1. The van der Waals surface area contributed by atoms with Crippen LogP contribution in [0.5, 0.6) is 0 Å². The van der Waals surface area contributed by atoms with Gasteiger partial charge in [-0.05, 0) is 86.6 Å². The first kappa shape index (κ1) is 31.2. The number of amides is 1. The van der Waals surface area contributed by atoms with Gasteiger partial charge in [0, 0.05) is 42.3 Å². The molecule has 0 bridgehead atoms. The van der Waals surface area contributed by atoms with E-state index in [9.17, 15) is 22.0 Å². The van der Waals surface area contributed by atoms with Gasteiger partial charge in [-0.25, -0.2) is 21.6 Å². The second-order valence-corrected chi connectivity index (χ2v) is 13.6. The Hall–Kier alpha value is -3.25. The third-order valence-corrected chi connectivity index (χ3v) is 10.8. The lowest BCUT2D eigenvalue weighted by atomic mass is 9.84. The molecule has 3 atom stereocenters. The van der Waals surface area contributed by atoms with Crippen molar-refractivity contribution in [2.45, 2.75) is 68.3 Å². The number of carbonyl (C=O) groups is 1. The second-order valence-electron chi connectivity index (χ2n) is 11.5. The van der Waals surface area contributed by atoms with Crippen molar-refractivity contribution in [1.29, 1.82) is 0 Å². The molecule has 0 unspecified atom stereocenters. The average molecular weight is 615 g/mol. The summed E-state index contributed by atoms with van der Waals surface area (Å²) in [7, 11) is -3.38. The van der Waals surface area contributed by atoms with Gasteiger partial charge in [0.2, 0.25) is 15.9 Å². The van der Waals surface area contributed by atoms with E-state index in [0.717, 1.165) is 0 Å². The van der Waals surface area contributed by atoms with Crippen LogP contribution in [0, 0.1) is 17.5 Å². The van der Waals surface area contributed by atoms with Crippen LogP contribution in [-0.2, 0) is 21.2 Å². The third-order valence-electron chi connectivity index (χ3n) is 8.27. The minimum Gasteiger partial charge on any atom is -0.324 e. The van der Waals surface area contributed by atoms with Crippen molar-refractivity contribution in [3.8, 4) is 0 Å². The first-order valence-electron chi connectivity index (χ1n) is 14.6. The molecule has 0 spiro atoms. The molecular formula is C32H37F3N4O3S. The summed E-state index contributed by atoms with van der Waals surface area (Å²) in [5.74, 6) is -3.06. The van der Waals surface area contributed by atoms with Crippen molar-refractivity contribution >= 4 is 21.6 Å². The highest BCUT2D eigenvalue weighted by Crippen LogP contribution is 2.35. The zero-order chi connectivity index (χ0) is 30.7. The summed E-state index contributed by atoms with van der Waals surface area (Å²) < 4.78 is 71.3. The molecule has 1 saturated heterocycles. The third kappa shape index (κ3) is 7.12. The minimum absolute atomic E-state index is 0.168. The predicted molar refractivity (Wildman–Crippen MR) is 160 cm³/mol. The summed E-state index contributed by atoms with van der Waals surface area (Å²) in [5, 5.41) is 5.74. The summed E-state index contributed by atoms with van der Waals surface area (Å²) in [6.45, 7) is 3.00. The normalized spacial score (nSPS) is 20.2. The lowest BCUT2D eigenvalue weighted by Gasteiger charge is -2.40. The lowest BCUT2D eigenvalue weighted by molar-refractivity contribution is -0.117. The average Bonchev–Trinajstić information content (AvgIpc) is 3.81. The van der Waals surface area contributed by atoms with Gasteiger partial charge in [0.15, 0.2) is 0 Å². The summed E-state index contributed by atoms with van der Waals surface area (Å²) in [4.78, 5) is 13.5. The summed E-state index contributed by atoms with van der Waals surface area (Å²) in [6, 6.07) is 14.0. The molecule has 5 rings (SSSR count). The SMILES string of the molecule is C[C@@H]1CNC[C@H](CCCc2c(F)cccc2NC(=O)[C@@H](N)C(c2cccc(F)c2)c2cccc(F)c2)N1S(=O)(=O)C1CC1. The van der Waals surface area contributed by atoms with Gasteiger partial charge in [-0.15, -0.1) is 0 Å². The van der Waals surface area contributed by atoms with Crippen LogP contribution < -0.4 is 16.4 Å². The number of hydrogen-bond donors (Lipinski definition) is 3. The largest absolute Gasteiger partial charge is 0.324 e. The number of carbonyl (C=O) groups excluding carboxylic acids is 1. The molecule has 3 aromatic rings. The Bertz CT molecular complexity index is 1520. The Labute approximate surface area is 250 Å². The number of piperazine rings is 1. The van der Waals surface area contributed by atoms with Crippen LogP contribution in [-0.4, -0.2) is 55.1 Å². The first-order valence-corrected chi connectivity index (χ1v) is 16.1. The smallest absolute Gasteiger partial charge is 0.242 e. The van der Waals surface area contributed by atoms with Crippen molar-refractivity contribution in [3.63, 3.8) is 0 Å². The second kappa shape index (κ2) is 13.2. The van der Waals surface area contributed by atoms with Gasteiger partial charge in [0.05, 0.1) is 11.3 Å². The maximum atomic E-state index is 15.1. The van der Waals surface area contributed by atoms with Gasteiger partial charge >= 0.3 is 0 Å². The Balaban J connectivity index is 1.32. The van der Waals surface area contributed by atoms with E-state index in [4.69, 9.17) is 5.73 Å². The molecule has 7 nitrogen and oxygen atoms in total. The molecule has 3 aromatic carbocycles. The Morgan fingerprint density at radius 3 is 2.23 bits per heavy atom. The van der Waals surface area contributed by atoms with Crippen LogP contribution in [0.1, 0.15) is 55.2 Å². The van der Waals surface area contributed by atoms with Crippen LogP contribution in [0.3, 0.4) is 0 Å². The monoisotopic (exact) mass is 614 g/mol. The van der Waals surface area contributed by atoms with Crippen LogP contribution >= 0.6 is 0 Å². The number of nitrogens with two attached hydrogens (primary N) is 1. The number of hydrogen-bond acceptors (Lipinski definition) is 5. The van der Waals surface area contributed by atoms with Crippen molar-refractivity contribution < 1.29 is 26.4 Å². The molecule has 0 radical (unpaired) electrons. The molecule has 1 heterocycles. The zero-order valence-corrected chi connectivity index (χ0v) is 24.8. The molecule has 4 N–H and O–H groups in total. The Kier molecular flexibility index (Phi) is 9.55. The molecule has 0 aromatic heterocycles. The molecule has 1 saturated carbocycles. The number of benzene rings is 3. The highest BCUT2D eigenvalue weighted by atomic mass is 32.2. The molecule has 1 aliphatic carbocycles. The van der Waals surface area contributed by atoms with Gasteiger partial charge in [0.25, 0.3) is 0 Å². The van der Waals surface area contributed by atoms with Gasteiger partial charge in [0.1, 0.15) is 17.5 Å². The molecule has 2 fully saturated rings. The van der Waals surface area contributed by atoms with E-state index in [1.807, 2.05) is 6.92 Å². The summed E-state index contributed by atoms with van der Waals surface area (Å²) >= 11 is 0. The van der Waals surface area contributed by atoms with Gasteiger partial charge in [-0.2, -0.15) is 4.31 Å². The topological polar surface area (TPSA) is 105 Å². The van der Waals surface area contributed by atoms with E-state index in [2.05, 4.69) is 10.6 Å². The fraction of sp³-hybridized carbons (Fsp3) is 0.406. The van der Waals surface area contributed by atoms with Gasteiger partial charge in [-0.1, -0.05) is 30.3 Å². The summed E-state index contributed by atoms with van der Waals surface area (Å²) in [6.07, 6.45) is 2.64. The van der Waals surface area contributed by atoms with Crippen molar-refractivity contribution in [2.24, 2.45) is 5.73 Å². The van der Waals surface area contributed by atoms with Gasteiger partial charge in [-0.3, -0.25) is 4.79 Å². The van der Waals surface area contributed by atoms with Crippen molar-refractivity contribution in [2.75, 3.05) is 18.4 Å². The number of rotatable bonds is 11. The zero-order valence-electron chi connectivity index (χ0n) is 24.0. The number of sulfonamides is 1. The van der Waals surface area contributed by atoms with E-state index in [0.29, 0.717) is 49.9 Å². The van der Waals surface area contributed by atoms with E-state index in [1.165, 1.54) is 48.5 Å². The minimum atomic E-state index is -3.38. The standard InChI is InChI=1S/C32H37F3N4O3S/c1-20-18-37-19-25(39(20)43(41,42)26-14-15-26)10-4-11-27-28(35)12-5-13-29(27)38-32(40)31(36)30(21-6-2-8-23(33)16-21)22-7-3-9-24(34)17-22/h2-3,5-9,12-13,16-17,20,25-26,30-31,37H,4,10-11,14-15,18-19,36H2,1H3,(H,38,40)/t20-,25+,31+/m1/s1.